The Morgan fingerprint density at radius 3 is 2.44 bits per heavy atom. The first-order chi connectivity index (χ1) is 8.38. The molecular weight excluding hydrogens is 226 g/mol. The van der Waals surface area contributed by atoms with Gasteiger partial charge in [0.25, 0.3) is 0 Å². The standard InChI is InChI=1S/C15H25NO2/c1-12(16)11-13-7-5-6-8-14(13)17-9-10-18-15(2,3)4/h5-8,12H,9-11,16H2,1-4H3. The number of ether oxygens (including phenoxy) is 2. The van der Waals surface area contributed by atoms with Gasteiger partial charge in [0.2, 0.25) is 0 Å². The quantitative estimate of drug-likeness (QED) is 0.791. The van der Waals surface area contributed by atoms with Crippen molar-refractivity contribution in [3.05, 3.63) is 29.8 Å². The fourth-order valence-electron chi connectivity index (χ4n) is 1.66. The van der Waals surface area contributed by atoms with Crippen molar-refractivity contribution in [3.8, 4) is 5.75 Å². The van der Waals surface area contributed by atoms with E-state index in [4.69, 9.17) is 15.2 Å². The van der Waals surface area contributed by atoms with Gasteiger partial charge in [-0.05, 0) is 45.7 Å². The van der Waals surface area contributed by atoms with Crippen molar-refractivity contribution in [1.29, 1.82) is 0 Å². The molecule has 0 amide bonds. The van der Waals surface area contributed by atoms with Crippen LogP contribution < -0.4 is 10.5 Å². The van der Waals surface area contributed by atoms with E-state index in [1.165, 1.54) is 0 Å². The molecule has 0 bridgehead atoms. The highest BCUT2D eigenvalue weighted by Gasteiger charge is 2.10. The van der Waals surface area contributed by atoms with Crippen LogP contribution in [-0.4, -0.2) is 24.9 Å². The summed E-state index contributed by atoms with van der Waals surface area (Å²) < 4.78 is 11.4. The summed E-state index contributed by atoms with van der Waals surface area (Å²) in [5.74, 6) is 0.910. The van der Waals surface area contributed by atoms with E-state index in [1.807, 2.05) is 45.9 Å². The molecule has 1 aromatic rings. The second-order valence-electron chi connectivity index (χ2n) is 5.60. The van der Waals surface area contributed by atoms with Crippen LogP contribution in [0.4, 0.5) is 0 Å². The molecular formula is C15H25NO2. The van der Waals surface area contributed by atoms with E-state index in [9.17, 15) is 0 Å². The molecule has 102 valence electrons. The minimum atomic E-state index is -0.116. The molecule has 0 spiro atoms. The number of hydrogen-bond acceptors (Lipinski definition) is 3. The summed E-state index contributed by atoms with van der Waals surface area (Å²) in [4.78, 5) is 0. The van der Waals surface area contributed by atoms with Gasteiger partial charge < -0.3 is 15.2 Å². The lowest BCUT2D eigenvalue weighted by atomic mass is 10.1. The van der Waals surface area contributed by atoms with Crippen molar-refractivity contribution >= 4 is 0 Å². The SMILES string of the molecule is CC(N)Cc1ccccc1OCCOC(C)(C)C. The Morgan fingerprint density at radius 2 is 1.83 bits per heavy atom. The molecule has 0 aromatic heterocycles. The molecule has 1 aromatic carbocycles. The Hall–Kier alpha value is -1.06. The van der Waals surface area contributed by atoms with Crippen LogP contribution in [0.15, 0.2) is 24.3 Å². The average Bonchev–Trinajstić information content (AvgIpc) is 2.24. The van der Waals surface area contributed by atoms with Crippen molar-refractivity contribution in [2.45, 2.75) is 45.8 Å². The van der Waals surface area contributed by atoms with Gasteiger partial charge in [-0.25, -0.2) is 0 Å². The first-order valence-electron chi connectivity index (χ1n) is 6.49. The number of para-hydroxylation sites is 1. The minimum Gasteiger partial charge on any atom is -0.491 e. The summed E-state index contributed by atoms with van der Waals surface area (Å²) >= 11 is 0. The van der Waals surface area contributed by atoms with E-state index in [2.05, 4.69) is 6.07 Å². The number of nitrogens with two attached hydrogens (primary N) is 1. The topological polar surface area (TPSA) is 44.5 Å². The minimum absolute atomic E-state index is 0.116. The monoisotopic (exact) mass is 251 g/mol. The molecule has 3 heteroatoms. The molecule has 0 aliphatic rings. The molecule has 18 heavy (non-hydrogen) atoms. The zero-order valence-electron chi connectivity index (χ0n) is 11.9. The van der Waals surface area contributed by atoms with Crippen LogP contribution in [0.3, 0.4) is 0 Å². The molecule has 1 rings (SSSR count). The molecule has 0 heterocycles. The maximum absolute atomic E-state index is 5.82. The van der Waals surface area contributed by atoms with Crippen molar-refractivity contribution < 1.29 is 9.47 Å². The number of rotatable bonds is 6. The molecule has 0 radical (unpaired) electrons. The summed E-state index contributed by atoms with van der Waals surface area (Å²) in [6.45, 7) is 9.27. The summed E-state index contributed by atoms with van der Waals surface area (Å²) in [6, 6.07) is 8.17. The summed E-state index contributed by atoms with van der Waals surface area (Å²) in [6.07, 6.45) is 0.830. The van der Waals surface area contributed by atoms with Crippen LogP contribution in [0.2, 0.25) is 0 Å². The van der Waals surface area contributed by atoms with Gasteiger partial charge in [0.1, 0.15) is 12.4 Å². The van der Waals surface area contributed by atoms with Gasteiger partial charge in [0.05, 0.1) is 12.2 Å². The van der Waals surface area contributed by atoms with Crippen LogP contribution in [0, 0.1) is 0 Å². The van der Waals surface area contributed by atoms with Gasteiger partial charge >= 0.3 is 0 Å². The van der Waals surface area contributed by atoms with Crippen molar-refractivity contribution in [2.75, 3.05) is 13.2 Å². The lowest BCUT2D eigenvalue weighted by Gasteiger charge is -2.20. The number of hydrogen-bond donors (Lipinski definition) is 1. The molecule has 1 atom stereocenters. The van der Waals surface area contributed by atoms with E-state index in [1.54, 1.807) is 0 Å². The van der Waals surface area contributed by atoms with Crippen LogP contribution in [-0.2, 0) is 11.2 Å². The molecule has 2 N–H and O–H groups in total. The molecule has 0 aliphatic carbocycles. The van der Waals surface area contributed by atoms with Crippen molar-refractivity contribution in [1.82, 2.24) is 0 Å². The summed E-state index contributed by atoms with van der Waals surface area (Å²) in [5, 5.41) is 0. The zero-order valence-corrected chi connectivity index (χ0v) is 11.9. The van der Waals surface area contributed by atoms with Gasteiger partial charge in [0.15, 0.2) is 0 Å². The summed E-state index contributed by atoms with van der Waals surface area (Å²) in [7, 11) is 0. The third-order valence-corrected chi connectivity index (χ3v) is 2.39. The maximum atomic E-state index is 5.82. The van der Waals surface area contributed by atoms with E-state index < -0.39 is 0 Å². The number of benzene rings is 1. The van der Waals surface area contributed by atoms with E-state index in [0.717, 1.165) is 17.7 Å². The van der Waals surface area contributed by atoms with Crippen LogP contribution in [0.25, 0.3) is 0 Å². The highest BCUT2D eigenvalue weighted by Crippen LogP contribution is 2.19. The first-order valence-corrected chi connectivity index (χ1v) is 6.49. The largest absolute Gasteiger partial charge is 0.491 e. The molecule has 0 aliphatic heterocycles. The smallest absolute Gasteiger partial charge is 0.122 e. The van der Waals surface area contributed by atoms with Gasteiger partial charge in [-0.1, -0.05) is 18.2 Å². The lowest BCUT2D eigenvalue weighted by Crippen LogP contribution is -2.23. The van der Waals surface area contributed by atoms with Gasteiger partial charge in [-0.15, -0.1) is 0 Å². The van der Waals surface area contributed by atoms with E-state index in [-0.39, 0.29) is 11.6 Å². The Kier molecular flexibility index (Phi) is 5.63. The molecule has 0 fully saturated rings. The lowest BCUT2D eigenvalue weighted by molar-refractivity contribution is -0.0163. The third-order valence-electron chi connectivity index (χ3n) is 2.39. The Labute approximate surface area is 110 Å². The van der Waals surface area contributed by atoms with Crippen molar-refractivity contribution in [3.63, 3.8) is 0 Å². The van der Waals surface area contributed by atoms with Crippen LogP contribution in [0.1, 0.15) is 33.3 Å². The van der Waals surface area contributed by atoms with Gasteiger partial charge in [-0.2, -0.15) is 0 Å². The predicted octanol–water partition coefficient (Wildman–Crippen LogP) is 2.77. The van der Waals surface area contributed by atoms with Crippen LogP contribution in [0.5, 0.6) is 5.75 Å². The first kappa shape index (κ1) is 15.0. The van der Waals surface area contributed by atoms with Gasteiger partial charge in [0, 0.05) is 6.04 Å². The Morgan fingerprint density at radius 1 is 1.17 bits per heavy atom. The second kappa shape index (κ2) is 6.76. The molecule has 1 unspecified atom stereocenters. The molecule has 0 saturated heterocycles. The Bertz CT molecular complexity index is 356. The molecule has 3 nitrogen and oxygen atoms in total. The average molecular weight is 251 g/mol. The fourth-order valence-corrected chi connectivity index (χ4v) is 1.66. The highest BCUT2D eigenvalue weighted by molar-refractivity contribution is 5.33. The zero-order chi connectivity index (χ0) is 13.6. The van der Waals surface area contributed by atoms with Crippen molar-refractivity contribution in [2.24, 2.45) is 5.73 Å². The third kappa shape index (κ3) is 6.03. The summed E-state index contributed by atoms with van der Waals surface area (Å²) in [5.41, 5.74) is 6.86. The predicted molar refractivity (Wildman–Crippen MR) is 75.0 cm³/mol. The van der Waals surface area contributed by atoms with E-state index in [0.29, 0.717) is 13.2 Å². The normalized spacial score (nSPS) is 13.4. The fraction of sp³-hybridized carbons (Fsp3) is 0.600. The van der Waals surface area contributed by atoms with Gasteiger partial charge in [-0.3, -0.25) is 0 Å². The van der Waals surface area contributed by atoms with Crippen LogP contribution >= 0.6 is 0 Å². The Balaban J connectivity index is 2.46. The maximum Gasteiger partial charge on any atom is 0.122 e. The van der Waals surface area contributed by atoms with E-state index >= 15 is 0 Å². The highest BCUT2D eigenvalue weighted by atomic mass is 16.5. The molecule has 0 saturated carbocycles. The second-order valence-corrected chi connectivity index (χ2v) is 5.60.